The topological polar surface area (TPSA) is 114 Å². The lowest BCUT2D eigenvalue weighted by molar-refractivity contribution is -0.148. The van der Waals surface area contributed by atoms with Crippen LogP contribution in [0.3, 0.4) is 0 Å². The van der Waals surface area contributed by atoms with Crippen LogP contribution >= 0.6 is 0 Å². The molecule has 0 aromatic heterocycles. The first-order valence-electron chi connectivity index (χ1n) is 10.0. The number of imide groups is 1. The molecule has 1 aliphatic heterocycles. The highest BCUT2D eigenvalue weighted by Gasteiger charge is 2.52. The van der Waals surface area contributed by atoms with Gasteiger partial charge in [0.15, 0.2) is 0 Å². The molecule has 3 rings (SSSR count). The summed E-state index contributed by atoms with van der Waals surface area (Å²) in [6.07, 6.45) is 2.83. The summed E-state index contributed by atoms with van der Waals surface area (Å²) in [6.45, 7) is -0.746. The maximum Gasteiger partial charge on any atom is 0.325 e. The fourth-order valence-electron chi connectivity index (χ4n) is 4.00. The molecule has 1 heterocycles. The Morgan fingerprint density at radius 3 is 2.23 bits per heavy atom. The van der Waals surface area contributed by atoms with Crippen LogP contribution in [0.4, 0.5) is 4.79 Å². The highest BCUT2D eigenvalue weighted by Crippen LogP contribution is 2.35. The van der Waals surface area contributed by atoms with Gasteiger partial charge in [-0.15, -0.1) is 0 Å². The predicted octanol–water partition coefficient (Wildman–Crippen LogP) is 1.07. The second kappa shape index (κ2) is 9.23. The number of amides is 4. The van der Waals surface area contributed by atoms with Gasteiger partial charge in [0.1, 0.15) is 30.1 Å². The average Bonchev–Trinajstić information content (AvgIpc) is 3.33. The number of esters is 1. The predicted molar refractivity (Wildman–Crippen MR) is 108 cm³/mol. The second-order valence-corrected chi connectivity index (χ2v) is 7.66. The molecule has 1 saturated heterocycles. The van der Waals surface area contributed by atoms with Crippen LogP contribution < -0.4 is 14.8 Å². The summed E-state index contributed by atoms with van der Waals surface area (Å²) >= 11 is 0. The summed E-state index contributed by atoms with van der Waals surface area (Å²) in [6, 6.07) is 4.52. The van der Waals surface area contributed by atoms with Gasteiger partial charge in [-0.25, -0.2) is 4.79 Å². The molecule has 1 N–H and O–H groups in total. The van der Waals surface area contributed by atoms with E-state index in [1.54, 1.807) is 18.2 Å². The first kappa shape index (κ1) is 22.4. The molecule has 2 aliphatic rings. The average molecular weight is 433 g/mol. The lowest BCUT2D eigenvalue weighted by Gasteiger charge is -2.25. The Bertz CT molecular complexity index is 857. The van der Waals surface area contributed by atoms with Gasteiger partial charge < -0.3 is 24.4 Å². The minimum absolute atomic E-state index is 0.0380. The van der Waals surface area contributed by atoms with Crippen molar-refractivity contribution in [3.8, 4) is 11.5 Å². The summed E-state index contributed by atoms with van der Waals surface area (Å²) in [5.41, 5.74) is -0.247. The van der Waals surface area contributed by atoms with E-state index in [1.165, 1.54) is 26.2 Å². The van der Waals surface area contributed by atoms with Crippen molar-refractivity contribution < 1.29 is 33.4 Å². The summed E-state index contributed by atoms with van der Waals surface area (Å²) < 4.78 is 15.2. The van der Waals surface area contributed by atoms with E-state index < -0.39 is 30.0 Å². The third-order valence-corrected chi connectivity index (χ3v) is 5.68. The van der Waals surface area contributed by atoms with Crippen LogP contribution in [-0.4, -0.2) is 73.6 Å². The quantitative estimate of drug-likeness (QED) is 0.482. The Morgan fingerprint density at radius 1 is 1.06 bits per heavy atom. The number of rotatable bonds is 8. The zero-order chi connectivity index (χ0) is 22.6. The van der Waals surface area contributed by atoms with Gasteiger partial charge in [-0.3, -0.25) is 19.3 Å². The van der Waals surface area contributed by atoms with Crippen LogP contribution in [0.2, 0.25) is 0 Å². The van der Waals surface area contributed by atoms with E-state index in [0.29, 0.717) is 29.9 Å². The van der Waals surface area contributed by atoms with Crippen molar-refractivity contribution in [1.82, 2.24) is 15.1 Å². The van der Waals surface area contributed by atoms with Gasteiger partial charge in [0.05, 0.1) is 21.3 Å². The molecule has 1 spiro atoms. The van der Waals surface area contributed by atoms with Crippen LogP contribution in [-0.2, 0) is 25.7 Å². The molecule has 0 atom stereocenters. The maximum absolute atomic E-state index is 13.0. The molecule has 0 bridgehead atoms. The lowest BCUT2D eigenvalue weighted by Crippen LogP contribution is -2.46. The molecule has 168 valence electrons. The van der Waals surface area contributed by atoms with Crippen LogP contribution in [0.15, 0.2) is 18.2 Å². The lowest BCUT2D eigenvalue weighted by atomic mass is 9.98. The Kier molecular flexibility index (Phi) is 6.67. The van der Waals surface area contributed by atoms with Crippen molar-refractivity contribution in [2.75, 3.05) is 34.4 Å². The van der Waals surface area contributed by atoms with Gasteiger partial charge in [0.2, 0.25) is 5.91 Å². The van der Waals surface area contributed by atoms with Crippen LogP contribution in [0.5, 0.6) is 11.5 Å². The first-order chi connectivity index (χ1) is 14.8. The third-order valence-electron chi connectivity index (χ3n) is 5.68. The van der Waals surface area contributed by atoms with Crippen LogP contribution in [0.1, 0.15) is 31.2 Å². The number of ether oxygens (including phenoxy) is 3. The van der Waals surface area contributed by atoms with E-state index in [2.05, 4.69) is 5.32 Å². The van der Waals surface area contributed by atoms with Gasteiger partial charge in [-0.1, -0.05) is 12.8 Å². The Balaban J connectivity index is 1.79. The SMILES string of the molecule is COC(=O)CN(Cc1cc(OC)cc(OC)c1)C(=O)CN1C(=O)NC2(CCCC2)C1=O. The molecule has 2 fully saturated rings. The minimum atomic E-state index is -0.898. The molecule has 10 heteroatoms. The number of nitrogens with zero attached hydrogens (tertiary/aromatic N) is 2. The molecular weight excluding hydrogens is 406 g/mol. The highest BCUT2D eigenvalue weighted by molar-refractivity contribution is 6.09. The largest absolute Gasteiger partial charge is 0.497 e. The number of hydrogen-bond acceptors (Lipinski definition) is 7. The van der Waals surface area contributed by atoms with E-state index in [1.807, 2.05) is 0 Å². The molecule has 0 radical (unpaired) electrons. The Morgan fingerprint density at radius 2 is 1.68 bits per heavy atom. The van der Waals surface area contributed by atoms with E-state index in [4.69, 9.17) is 14.2 Å². The minimum Gasteiger partial charge on any atom is -0.497 e. The molecule has 4 amide bonds. The van der Waals surface area contributed by atoms with E-state index in [0.717, 1.165) is 17.7 Å². The number of hydrogen-bond donors (Lipinski definition) is 1. The second-order valence-electron chi connectivity index (χ2n) is 7.66. The van der Waals surface area contributed by atoms with Crippen molar-refractivity contribution in [3.05, 3.63) is 23.8 Å². The third kappa shape index (κ3) is 4.73. The summed E-state index contributed by atoms with van der Waals surface area (Å²) in [5, 5.41) is 2.75. The van der Waals surface area contributed by atoms with E-state index in [-0.39, 0.29) is 19.0 Å². The summed E-state index contributed by atoms with van der Waals surface area (Å²) in [5.74, 6) is -0.503. The Hall–Kier alpha value is -3.30. The standard InChI is InChI=1S/C21H27N3O7/c1-29-15-8-14(9-16(10-15)30-2)11-23(13-18(26)31-3)17(25)12-24-19(27)21(22-20(24)28)6-4-5-7-21/h8-10H,4-7,11-13H2,1-3H3,(H,22,28). The number of carbonyl (C=O) groups excluding carboxylic acids is 4. The van der Waals surface area contributed by atoms with Crippen LogP contribution in [0.25, 0.3) is 0 Å². The number of carbonyl (C=O) groups is 4. The highest BCUT2D eigenvalue weighted by atomic mass is 16.5. The van der Waals surface area contributed by atoms with Crippen molar-refractivity contribution >= 4 is 23.8 Å². The Labute approximate surface area is 180 Å². The molecule has 1 aromatic carbocycles. The van der Waals surface area contributed by atoms with E-state index >= 15 is 0 Å². The summed E-state index contributed by atoms with van der Waals surface area (Å²) in [7, 11) is 4.24. The summed E-state index contributed by atoms with van der Waals surface area (Å²) in [4.78, 5) is 52.4. The number of urea groups is 1. The zero-order valence-electron chi connectivity index (χ0n) is 17.9. The number of benzene rings is 1. The molecular formula is C21H27N3O7. The van der Waals surface area contributed by atoms with Gasteiger partial charge in [-0.2, -0.15) is 0 Å². The normalized spacial score (nSPS) is 16.9. The number of methoxy groups -OCH3 is 3. The molecule has 1 aliphatic carbocycles. The zero-order valence-corrected chi connectivity index (χ0v) is 17.9. The van der Waals surface area contributed by atoms with Gasteiger partial charge in [-0.05, 0) is 30.5 Å². The number of nitrogens with one attached hydrogen (secondary N) is 1. The van der Waals surface area contributed by atoms with E-state index in [9.17, 15) is 19.2 Å². The van der Waals surface area contributed by atoms with Gasteiger partial charge in [0, 0.05) is 12.6 Å². The van der Waals surface area contributed by atoms with Gasteiger partial charge >= 0.3 is 12.0 Å². The van der Waals surface area contributed by atoms with Crippen LogP contribution in [0, 0.1) is 0 Å². The maximum atomic E-state index is 13.0. The van der Waals surface area contributed by atoms with Crippen molar-refractivity contribution in [3.63, 3.8) is 0 Å². The van der Waals surface area contributed by atoms with Crippen molar-refractivity contribution in [2.45, 2.75) is 37.8 Å². The van der Waals surface area contributed by atoms with Crippen molar-refractivity contribution in [1.29, 1.82) is 0 Å². The van der Waals surface area contributed by atoms with Crippen molar-refractivity contribution in [2.24, 2.45) is 0 Å². The fraction of sp³-hybridized carbons (Fsp3) is 0.524. The molecule has 1 aromatic rings. The molecule has 1 saturated carbocycles. The monoisotopic (exact) mass is 433 g/mol. The molecule has 0 unspecified atom stereocenters. The fourth-order valence-corrected chi connectivity index (χ4v) is 4.00. The van der Waals surface area contributed by atoms with Gasteiger partial charge in [0.25, 0.3) is 5.91 Å². The first-order valence-corrected chi connectivity index (χ1v) is 10.0. The smallest absolute Gasteiger partial charge is 0.325 e. The molecule has 10 nitrogen and oxygen atoms in total. The molecule has 31 heavy (non-hydrogen) atoms.